The average molecular weight is 298 g/mol. The van der Waals surface area contributed by atoms with Gasteiger partial charge in [-0.25, -0.2) is 0 Å². The summed E-state index contributed by atoms with van der Waals surface area (Å²) in [6.07, 6.45) is 1.16. The summed E-state index contributed by atoms with van der Waals surface area (Å²) in [6, 6.07) is 8.00. The molecule has 82 valence electrons. The fourth-order valence-corrected chi connectivity index (χ4v) is 2.13. The van der Waals surface area contributed by atoms with Crippen LogP contribution in [0.4, 0.5) is 0 Å². The molecule has 0 saturated heterocycles. The van der Waals surface area contributed by atoms with Crippen LogP contribution >= 0.6 is 27.7 Å². The van der Waals surface area contributed by atoms with Crippen LogP contribution in [0, 0.1) is 0 Å². The second-order valence-electron chi connectivity index (χ2n) is 3.05. The Morgan fingerprint density at radius 1 is 1.31 bits per heavy atom. The summed E-state index contributed by atoms with van der Waals surface area (Å²) in [5.41, 5.74) is 0.938. The van der Waals surface area contributed by atoms with E-state index in [2.05, 4.69) is 31.1 Å². The number of benzene rings is 1. The maximum atomic E-state index is 11.0. The van der Waals surface area contributed by atoms with Crippen molar-refractivity contribution in [3.63, 3.8) is 0 Å². The zero-order chi connectivity index (χ0) is 11.4. The standard InChI is InChI=1S/C10H8BrN3OS/c11-8-3-1-7(2-4-8)6-16-10-13-9(15)5-12-14-10/h1-5H,6H2,(H,13,14,15). The minimum atomic E-state index is -0.228. The van der Waals surface area contributed by atoms with E-state index in [0.29, 0.717) is 5.16 Å². The summed E-state index contributed by atoms with van der Waals surface area (Å²) < 4.78 is 1.05. The van der Waals surface area contributed by atoms with Crippen LogP contribution in [0.2, 0.25) is 0 Å². The van der Waals surface area contributed by atoms with E-state index in [1.54, 1.807) is 0 Å². The Labute approximate surface area is 105 Å². The van der Waals surface area contributed by atoms with Crippen LogP contribution in [0.1, 0.15) is 5.56 Å². The van der Waals surface area contributed by atoms with Gasteiger partial charge in [-0.05, 0) is 17.7 Å². The van der Waals surface area contributed by atoms with Gasteiger partial charge in [0.15, 0.2) is 5.16 Å². The van der Waals surface area contributed by atoms with Gasteiger partial charge in [0, 0.05) is 10.2 Å². The molecule has 0 unspecified atom stereocenters. The lowest BCUT2D eigenvalue weighted by molar-refractivity contribution is 0.817. The highest BCUT2D eigenvalue weighted by Crippen LogP contribution is 2.19. The molecule has 0 fully saturated rings. The number of hydrogen-bond donors (Lipinski definition) is 1. The number of nitrogens with one attached hydrogen (secondary N) is 1. The molecule has 0 aliphatic rings. The van der Waals surface area contributed by atoms with Crippen molar-refractivity contribution in [1.82, 2.24) is 15.2 Å². The zero-order valence-corrected chi connectivity index (χ0v) is 10.6. The van der Waals surface area contributed by atoms with E-state index in [1.165, 1.54) is 17.3 Å². The third-order valence-corrected chi connectivity index (χ3v) is 3.31. The predicted molar refractivity (Wildman–Crippen MR) is 66.4 cm³/mol. The molecule has 2 aromatic rings. The Morgan fingerprint density at radius 3 is 2.75 bits per heavy atom. The summed E-state index contributed by atoms with van der Waals surface area (Å²) in [4.78, 5) is 13.6. The van der Waals surface area contributed by atoms with Gasteiger partial charge >= 0.3 is 0 Å². The Morgan fingerprint density at radius 2 is 2.06 bits per heavy atom. The monoisotopic (exact) mass is 297 g/mol. The van der Waals surface area contributed by atoms with Crippen molar-refractivity contribution in [2.45, 2.75) is 10.9 Å². The van der Waals surface area contributed by atoms with Crippen LogP contribution in [0.15, 0.2) is 44.9 Å². The smallest absolute Gasteiger partial charge is 0.270 e. The number of halogens is 1. The first-order valence-electron chi connectivity index (χ1n) is 4.53. The summed E-state index contributed by atoms with van der Waals surface area (Å²) in [5.74, 6) is 0.752. The molecule has 1 aromatic heterocycles. The van der Waals surface area contributed by atoms with Crippen LogP contribution < -0.4 is 5.56 Å². The maximum absolute atomic E-state index is 11.0. The normalized spacial score (nSPS) is 10.3. The van der Waals surface area contributed by atoms with Crippen LogP contribution in [0.25, 0.3) is 0 Å². The summed E-state index contributed by atoms with van der Waals surface area (Å²) >= 11 is 4.82. The summed E-state index contributed by atoms with van der Waals surface area (Å²) in [6.45, 7) is 0. The number of hydrogen-bond acceptors (Lipinski definition) is 4. The third-order valence-electron chi connectivity index (χ3n) is 1.84. The van der Waals surface area contributed by atoms with Crippen molar-refractivity contribution in [2.75, 3.05) is 0 Å². The Kier molecular flexibility index (Phi) is 3.74. The molecule has 0 bridgehead atoms. The number of H-pyrrole nitrogens is 1. The fraction of sp³-hybridized carbons (Fsp3) is 0.100. The van der Waals surface area contributed by atoms with Crippen molar-refractivity contribution < 1.29 is 0 Å². The fourth-order valence-electron chi connectivity index (χ4n) is 1.09. The minimum absolute atomic E-state index is 0.228. The highest BCUT2D eigenvalue weighted by atomic mass is 79.9. The van der Waals surface area contributed by atoms with Gasteiger partial charge in [0.25, 0.3) is 5.56 Å². The Bertz CT molecular complexity index is 526. The molecule has 6 heteroatoms. The molecule has 0 saturated carbocycles. The topological polar surface area (TPSA) is 58.6 Å². The molecule has 16 heavy (non-hydrogen) atoms. The number of nitrogens with zero attached hydrogens (tertiary/aromatic N) is 2. The van der Waals surface area contributed by atoms with Gasteiger partial charge in [-0.1, -0.05) is 39.8 Å². The van der Waals surface area contributed by atoms with Crippen molar-refractivity contribution in [3.8, 4) is 0 Å². The molecule has 0 aliphatic heterocycles. The van der Waals surface area contributed by atoms with Crippen LogP contribution in [-0.2, 0) is 5.75 Å². The first-order chi connectivity index (χ1) is 7.74. The summed E-state index contributed by atoms with van der Waals surface area (Å²) in [7, 11) is 0. The lowest BCUT2D eigenvalue weighted by Crippen LogP contribution is -2.07. The highest BCUT2D eigenvalue weighted by molar-refractivity contribution is 9.10. The van der Waals surface area contributed by atoms with Crippen LogP contribution in [0.5, 0.6) is 0 Å². The summed E-state index contributed by atoms with van der Waals surface area (Å²) in [5, 5.41) is 7.95. The van der Waals surface area contributed by atoms with E-state index in [4.69, 9.17) is 0 Å². The SMILES string of the molecule is O=c1cnnc(SCc2ccc(Br)cc2)[nH]1. The van der Waals surface area contributed by atoms with Crippen molar-refractivity contribution in [1.29, 1.82) is 0 Å². The van der Waals surface area contributed by atoms with Gasteiger partial charge in [0.2, 0.25) is 0 Å². The molecule has 4 nitrogen and oxygen atoms in total. The lowest BCUT2D eigenvalue weighted by atomic mass is 10.2. The van der Waals surface area contributed by atoms with E-state index in [0.717, 1.165) is 16.4 Å². The molecule has 1 heterocycles. The largest absolute Gasteiger partial charge is 0.299 e. The Balaban J connectivity index is 2.02. The van der Waals surface area contributed by atoms with Gasteiger partial charge in [-0.15, -0.1) is 5.10 Å². The molecular weight excluding hydrogens is 290 g/mol. The average Bonchev–Trinajstić information content (AvgIpc) is 2.28. The Hall–Kier alpha value is -1.14. The number of aromatic amines is 1. The van der Waals surface area contributed by atoms with Crippen molar-refractivity contribution >= 4 is 27.7 Å². The first kappa shape index (κ1) is 11.3. The minimum Gasteiger partial charge on any atom is -0.299 e. The molecule has 0 atom stereocenters. The van der Waals surface area contributed by atoms with Crippen molar-refractivity contribution in [2.24, 2.45) is 0 Å². The van der Waals surface area contributed by atoms with E-state index in [-0.39, 0.29) is 5.56 Å². The molecule has 1 aromatic carbocycles. The van der Waals surface area contributed by atoms with E-state index >= 15 is 0 Å². The molecule has 0 amide bonds. The van der Waals surface area contributed by atoms with E-state index in [9.17, 15) is 4.79 Å². The predicted octanol–water partition coefficient (Wildman–Crippen LogP) is 2.22. The zero-order valence-electron chi connectivity index (χ0n) is 8.18. The molecule has 0 aliphatic carbocycles. The van der Waals surface area contributed by atoms with Crippen LogP contribution in [0.3, 0.4) is 0 Å². The van der Waals surface area contributed by atoms with Gasteiger partial charge in [-0.3, -0.25) is 9.78 Å². The quantitative estimate of drug-likeness (QED) is 0.883. The third kappa shape index (κ3) is 3.18. The number of rotatable bonds is 3. The van der Waals surface area contributed by atoms with E-state index < -0.39 is 0 Å². The van der Waals surface area contributed by atoms with Crippen molar-refractivity contribution in [3.05, 3.63) is 50.9 Å². The molecule has 0 radical (unpaired) electrons. The molecule has 2 rings (SSSR count). The van der Waals surface area contributed by atoms with Gasteiger partial charge in [0.05, 0.1) is 0 Å². The van der Waals surface area contributed by atoms with Gasteiger partial charge < -0.3 is 0 Å². The highest BCUT2D eigenvalue weighted by Gasteiger charge is 1.99. The molecule has 1 N–H and O–H groups in total. The number of aromatic nitrogens is 3. The molecular formula is C10H8BrN3OS. The van der Waals surface area contributed by atoms with Gasteiger partial charge in [-0.2, -0.15) is 5.10 Å². The maximum Gasteiger partial charge on any atom is 0.270 e. The molecule has 0 spiro atoms. The van der Waals surface area contributed by atoms with Gasteiger partial charge in [0.1, 0.15) is 6.20 Å². The van der Waals surface area contributed by atoms with E-state index in [1.807, 2.05) is 24.3 Å². The lowest BCUT2D eigenvalue weighted by Gasteiger charge is -2.00. The number of thioether (sulfide) groups is 1. The second-order valence-corrected chi connectivity index (χ2v) is 4.93. The second kappa shape index (κ2) is 5.27. The first-order valence-corrected chi connectivity index (χ1v) is 6.31. The van der Waals surface area contributed by atoms with Crippen LogP contribution in [-0.4, -0.2) is 15.2 Å².